The van der Waals surface area contributed by atoms with Crippen LogP contribution in [0.4, 0.5) is 4.39 Å². The Hall–Kier alpha value is -3.80. The van der Waals surface area contributed by atoms with E-state index in [1.54, 1.807) is 16.5 Å². The first-order valence-electron chi connectivity index (χ1n) is 10.5. The summed E-state index contributed by atoms with van der Waals surface area (Å²) in [5.41, 5.74) is 0.0989. The van der Waals surface area contributed by atoms with Gasteiger partial charge >= 0.3 is 5.69 Å². The molecule has 9 heteroatoms. The number of ether oxygens (including phenoxy) is 1. The van der Waals surface area contributed by atoms with Gasteiger partial charge in [-0.25, -0.2) is 14.2 Å². The molecule has 2 aromatic heterocycles. The Bertz CT molecular complexity index is 1380. The van der Waals surface area contributed by atoms with Gasteiger partial charge in [0.2, 0.25) is 0 Å². The van der Waals surface area contributed by atoms with Gasteiger partial charge < -0.3 is 14.6 Å². The molecule has 3 aromatic rings. The van der Waals surface area contributed by atoms with E-state index in [-0.39, 0.29) is 29.1 Å². The normalized spacial score (nSPS) is 15.3. The van der Waals surface area contributed by atoms with Gasteiger partial charge in [0.05, 0.1) is 6.54 Å². The van der Waals surface area contributed by atoms with E-state index < -0.39 is 0 Å². The minimum atomic E-state index is -0.344. The predicted octanol–water partition coefficient (Wildman–Crippen LogP) is 2.53. The van der Waals surface area contributed by atoms with Crippen molar-refractivity contribution in [2.75, 3.05) is 13.6 Å². The number of aromatic amines is 1. The molecule has 8 nitrogen and oxygen atoms in total. The first-order valence-corrected chi connectivity index (χ1v) is 10.5. The predicted molar refractivity (Wildman–Crippen MR) is 117 cm³/mol. The maximum Gasteiger partial charge on any atom is 0.333 e. The molecule has 0 spiro atoms. The SMILES string of the molecule is C=C(Oc1ccc(F)cc1)N(C)CC#Cc1nc2c([nH]1)c(=O)n(C1CC1)c(=O)n2C1CC1. The van der Waals surface area contributed by atoms with Gasteiger partial charge in [0.15, 0.2) is 22.9 Å². The Kier molecular flexibility index (Phi) is 4.85. The van der Waals surface area contributed by atoms with Gasteiger partial charge in [0, 0.05) is 19.1 Å². The highest BCUT2D eigenvalue weighted by Gasteiger charge is 2.34. The number of aromatic nitrogens is 4. The average Bonchev–Trinajstić information content (AvgIpc) is 3.69. The Labute approximate surface area is 182 Å². The summed E-state index contributed by atoms with van der Waals surface area (Å²) in [5.74, 6) is 6.70. The van der Waals surface area contributed by atoms with E-state index in [0.717, 1.165) is 25.7 Å². The van der Waals surface area contributed by atoms with Crippen LogP contribution in [0.5, 0.6) is 5.75 Å². The second-order valence-electron chi connectivity index (χ2n) is 8.18. The Morgan fingerprint density at radius 3 is 2.53 bits per heavy atom. The number of hydrogen-bond donors (Lipinski definition) is 1. The number of halogens is 1. The van der Waals surface area contributed by atoms with Crippen molar-refractivity contribution in [3.63, 3.8) is 0 Å². The second kappa shape index (κ2) is 7.71. The smallest absolute Gasteiger partial charge is 0.333 e. The molecule has 1 N–H and O–H groups in total. The van der Waals surface area contributed by atoms with E-state index in [0.29, 0.717) is 35.2 Å². The molecule has 2 aliphatic rings. The highest BCUT2D eigenvalue weighted by molar-refractivity contribution is 5.71. The summed E-state index contributed by atoms with van der Waals surface area (Å²) < 4.78 is 21.6. The lowest BCUT2D eigenvalue weighted by atomic mass is 10.3. The van der Waals surface area contributed by atoms with Crippen LogP contribution in [0.2, 0.25) is 0 Å². The third-order valence-electron chi connectivity index (χ3n) is 5.58. The Balaban J connectivity index is 1.36. The van der Waals surface area contributed by atoms with Crippen molar-refractivity contribution in [2.24, 2.45) is 0 Å². The van der Waals surface area contributed by atoms with E-state index in [9.17, 15) is 14.0 Å². The van der Waals surface area contributed by atoms with Gasteiger partial charge in [-0.15, -0.1) is 0 Å². The van der Waals surface area contributed by atoms with Crippen molar-refractivity contribution in [1.82, 2.24) is 24.0 Å². The lowest BCUT2D eigenvalue weighted by Gasteiger charge is -2.18. The number of nitrogens with zero attached hydrogens (tertiary/aromatic N) is 4. The van der Waals surface area contributed by atoms with Gasteiger partial charge in [-0.05, 0) is 62.4 Å². The van der Waals surface area contributed by atoms with Crippen LogP contribution >= 0.6 is 0 Å². The van der Waals surface area contributed by atoms with Crippen molar-refractivity contribution in [3.8, 4) is 17.6 Å². The summed E-state index contributed by atoms with van der Waals surface area (Å²) in [4.78, 5) is 34.9. The lowest BCUT2D eigenvalue weighted by molar-refractivity contribution is 0.269. The second-order valence-corrected chi connectivity index (χ2v) is 8.18. The highest BCUT2D eigenvalue weighted by atomic mass is 19.1. The number of rotatable bonds is 6. The molecule has 0 aliphatic heterocycles. The van der Waals surface area contributed by atoms with Crippen LogP contribution in [0.15, 0.2) is 46.3 Å². The largest absolute Gasteiger partial charge is 0.442 e. The Morgan fingerprint density at radius 2 is 1.88 bits per heavy atom. The van der Waals surface area contributed by atoms with Crippen molar-refractivity contribution >= 4 is 11.2 Å². The maximum absolute atomic E-state index is 13.0. The Morgan fingerprint density at radius 1 is 1.22 bits per heavy atom. The maximum atomic E-state index is 13.0. The fourth-order valence-corrected chi connectivity index (χ4v) is 3.52. The topological polar surface area (TPSA) is 85.2 Å². The third-order valence-corrected chi connectivity index (χ3v) is 5.58. The summed E-state index contributed by atoms with van der Waals surface area (Å²) in [6.07, 6.45) is 3.52. The van der Waals surface area contributed by atoms with Gasteiger partial charge in [-0.2, -0.15) is 0 Å². The summed E-state index contributed by atoms with van der Waals surface area (Å²) >= 11 is 0. The highest BCUT2D eigenvalue weighted by Crippen LogP contribution is 2.36. The summed E-state index contributed by atoms with van der Waals surface area (Å²) in [6.45, 7) is 4.15. The molecule has 2 saturated carbocycles. The molecule has 2 aliphatic carbocycles. The molecule has 2 fully saturated rings. The zero-order valence-corrected chi connectivity index (χ0v) is 17.6. The molecule has 2 heterocycles. The molecule has 0 radical (unpaired) electrons. The fraction of sp³-hybridized carbons (Fsp3) is 0.348. The molecule has 0 atom stereocenters. The minimum Gasteiger partial charge on any atom is -0.442 e. The minimum absolute atomic E-state index is 0.0111. The van der Waals surface area contributed by atoms with Crippen LogP contribution < -0.4 is 16.0 Å². The zero-order chi connectivity index (χ0) is 22.4. The third kappa shape index (κ3) is 3.80. The van der Waals surface area contributed by atoms with Crippen LogP contribution in [0.25, 0.3) is 11.2 Å². The fourth-order valence-electron chi connectivity index (χ4n) is 3.52. The van der Waals surface area contributed by atoms with Crippen LogP contribution in [-0.2, 0) is 0 Å². The number of H-pyrrole nitrogens is 1. The molecule has 32 heavy (non-hydrogen) atoms. The number of benzene rings is 1. The molecule has 5 rings (SSSR count). The zero-order valence-electron chi connectivity index (χ0n) is 17.6. The van der Waals surface area contributed by atoms with E-state index in [2.05, 4.69) is 28.4 Å². The number of nitrogens with one attached hydrogen (secondary N) is 1. The van der Waals surface area contributed by atoms with Gasteiger partial charge in [0.25, 0.3) is 5.56 Å². The lowest BCUT2D eigenvalue weighted by Crippen LogP contribution is -2.39. The van der Waals surface area contributed by atoms with Crippen molar-refractivity contribution < 1.29 is 9.13 Å². The van der Waals surface area contributed by atoms with Crippen molar-refractivity contribution in [1.29, 1.82) is 0 Å². The number of hydrogen-bond acceptors (Lipinski definition) is 5. The quantitative estimate of drug-likeness (QED) is 0.475. The molecule has 0 amide bonds. The first-order chi connectivity index (χ1) is 15.4. The van der Waals surface area contributed by atoms with E-state index in [4.69, 9.17) is 4.74 Å². The summed E-state index contributed by atoms with van der Waals surface area (Å²) in [6, 6.07) is 5.73. The molecular formula is C23H22FN5O3. The van der Waals surface area contributed by atoms with Crippen molar-refractivity contribution in [3.05, 3.63) is 69.2 Å². The monoisotopic (exact) mass is 435 g/mol. The van der Waals surface area contributed by atoms with E-state index in [1.165, 1.54) is 28.8 Å². The van der Waals surface area contributed by atoms with Crippen LogP contribution in [-0.4, -0.2) is 37.6 Å². The number of fused-ring (bicyclic) bond motifs is 1. The van der Waals surface area contributed by atoms with Gasteiger partial charge in [-0.1, -0.05) is 5.92 Å². The van der Waals surface area contributed by atoms with Crippen LogP contribution in [0.3, 0.4) is 0 Å². The molecule has 0 bridgehead atoms. The number of imidazole rings is 1. The van der Waals surface area contributed by atoms with Crippen LogP contribution in [0.1, 0.15) is 43.6 Å². The molecular weight excluding hydrogens is 413 g/mol. The standard InChI is InChI=1S/C23H22FN5O3/c1-14(32-18-11-5-15(24)6-12-18)27(2)13-3-4-19-25-20-21(26-19)28(16-7-8-16)23(31)29(22(20)30)17-9-10-17/h5-6,11-12,16-17H,1,7-10,13H2,2H3,(H,25,26). The molecule has 0 saturated heterocycles. The average molecular weight is 435 g/mol. The van der Waals surface area contributed by atoms with Crippen LogP contribution in [0, 0.1) is 17.7 Å². The van der Waals surface area contributed by atoms with Gasteiger partial charge in [0.1, 0.15) is 11.6 Å². The summed E-state index contributed by atoms with van der Waals surface area (Å²) in [5, 5.41) is 0. The molecule has 0 unspecified atom stereocenters. The first kappa shape index (κ1) is 20.1. The molecule has 164 valence electrons. The van der Waals surface area contributed by atoms with Crippen molar-refractivity contribution in [2.45, 2.75) is 37.8 Å². The van der Waals surface area contributed by atoms with Gasteiger partial charge in [-0.3, -0.25) is 13.9 Å². The molecule has 1 aromatic carbocycles. The van der Waals surface area contributed by atoms with E-state index >= 15 is 0 Å². The summed E-state index contributed by atoms with van der Waals surface area (Å²) in [7, 11) is 1.76. The van der Waals surface area contributed by atoms with E-state index in [1.807, 2.05) is 0 Å².